The van der Waals surface area contributed by atoms with E-state index in [-0.39, 0.29) is 5.82 Å². The summed E-state index contributed by atoms with van der Waals surface area (Å²) in [5.41, 5.74) is 3.02. The smallest absolute Gasteiger partial charge is 0.203 e. The highest BCUT2D eigenvalue weighted by Gasteiger charge is 2.13. The van der Waals surface area contributed by atoms with Crippen molar-refractivity contribution in [1.29, 1.82) is 0 Å². The Morgan fingerprint density at radius 3 is 2.21 bits per heavy atom. The molecule has 0 atom stereocenters. The molecule has 0 aliphatic heterocycles. The maximum Gasteiger partial charge on any atom is 0.203 e. The Morgan fingerprint density at radius 1 is 1.00 bits per heavy atom. The summed E-state index contributed by atoms with van der Waals surface area (Å²) in [5.74, 6) is 2.23. The van der Waals surface area contributed by atoms with Crippen LogP contribution in [-0.2, 0) is 13.0 Å². The molecule has 0 unspecified atom stereocenters. The number of hydrogen-bond acceptors (Lipinski definition) is 4. The summed E-state index contributed by atoms with van der Waals surface area (Å²) in [4.78, 5) is 4.24. The number of methoxy groups -OCH3 is 3. The van der Waals surface area contributed by atoms with Gasteiger partial charge in [-0.1, -0.05) is 6.07 Å². The van der Waals surface area contributed by atoms with Crippen LogP contribution in [0.3, 0.4) is 0 Å². The van der Waals surface area contributed by atoms with Gasteiger partial charge >= 0.3 is 0 Å². The van der Waals surface area contributed by atoms with Gasteiger partial charge in [-0.05, 0) is 54.3 Å². The summed E-state index contributed by atoms with van der Waals surface area (Å²) in [7, 11) is 6.47. The maximum absolute atomic E-state index is 13.2. The van der Waals surface area contributed by atoms with Crippen molar-refractivity contribution in [1.82, 2.24) is 10.6 Å². The number of ether oxygens (including phenoxy) is 3. The molecule has 28 heavy (non-hydrogen) atoms. The topological polar surface area (TPSA) is 64.1 Å². The van der Waals surface area contributed by atoms with Gasteiger partial charge in [0.15, 0.2) is 17.5 Å². The van der Waals surface area contributed by atoms with E-state index in [1.807, 2.05) is 25.1 Å². The minimum atomic E-state index is -0.211. The van der Waals surface area contributed by atoms with Gasteiger partial charge in [-0.25, -0.2) is 4.39 Å². The molecule has 7 heteroatoms. The molecule has 0 aliphatic carbocycles. The molecule has 0 saturated heterocycles. The van der Waals surface area contributed by atoms with E-state index >= 15 is 0 Å². The summed E-state index contributed by atoms with van der Waals surface area (Å²) < 4.78 is 29.3. The van der Waals surface area contributed by atoms with E-state index in [1.165, 1.54) is 6.07 Å². The van der Waals surface area contributed by atoms with Crippen LogP contribution in [0.4, 0.5) is 4.39 Å². The highest BCUT2D eigenvalue weighted by Crippen LogP contribution is 2.38. The summed E-state index contributed by atoms with van der Waals surface area (Å²) in [6.07, 6.45) is 0.775. The molecular weight excluding hydrogens is 361 g/mol. The molecule has 0 amide bonds. The molecule has 0 aromatic heterocycles. The summed E-state index contributed by atoms with van der Waals surface area (Å²) in [5, 5.41) is 6.53. The van der Waals surface area contributed by atoms with Crippen LogP contribution in [0.2, 0.25) is 0 Å². The van der Waals surface area contributed by atoms with Gasteiger partial charge in [-0.2, -0.15) is 0 Å². The zero-order valence-corrected chi connectivity index (χ0v) is 17.1. The fraction of sp³-hybridized carbons (Fsp3) is 0.381. The summed E-state index contributed by atoms with van der Waals surface area (Å²) in [6, 6.07) is 8.64. The van der Waals surface area contributed by atoms with Gasteiger partial charge < -0.3 is 24.8 Å². The van der Waals surface area contributed by atoms with Gasteiger partial charge in [-0.3, -0.25) is 4.99 Å². The third-order valence-corrected chi connectivity index (χ3v) is 4.40. The number of aliphatic imine (C=N–C) groups is 1. The first kappa shape index (κ1) is 21.3. The number of halogens is 1. The monoisotopic (exact) mass is 389 g/mol. The molecule has 2 rings (SSSR count). The second kappa shape index (κ2) is 10.4. The molecule has 0 radical (unpaired) electrons. The first-order valence-corrected chi connectivity index (χ1v) is 9.00. The number of benzene rings is 2. The molecular formula is C21H28FN3O3. The lowest BCUT2D eigenvalue weighted by Gasteiger charge is -2.16. The maximum atomic E-state index is 13.2. The Labute approximate surface area is 165 Å². The lowest BCUT2D eigenvalue weighted by molar-refractivity contribution is 0.323. The Hall–Kier alpha value is -2.96. The van der Waals surface area contributed by atoms with Gasteiger partial charge in [0.2, 0.25) is 5.75 Å². The average molecular weight is 389 g/mol. The number of nitrogens with one attached hydrogen (secondary N) is 2. The predicted molar refractivity (Wildman–Crippen MR) is 109 cm³/mol. The zero-order valence-electron chi connectivity index (χ0n) is 17.1. The Balaban J connectivity index is 1.95. The van der Waals surface area contributed by atoms with E-state index in [0.717, 1.165) is 23.1 Å². The zero-order chi connectivity index (χ0) is 20.5. The van der Waals surface area contributed by atoms with E-state index in [9.17, 15) is 4.39 Å². The van der Waals surface area contributed by atoms with Crippen LogP contribution in [0.25, 0.3) is 0 Å². The average Bonchev–Trinajstić information content (AvgIpc) is 2.70. The third-order valence-electron chi connectivity index (χ3n) is 4.40. The standard InChI is InChI=1S/C21H28FN3O3/c1-14-10-17(22)7-6-16(14)8-9-24-21(23-2)25-13-15-11-18(26-3)20(28-5)19(12-15)27-4/h6-7,10-12H,8-9,13H2,1-5H3,(H2,23,24,25). The molecule has 2 aromatic carbocycles. The minimum absolute atomic E-state index is 0.211. The van der Waals surface area contributed by atoms with Crippen LogP contribution in [0.5, 0.6) is 17.2 Å². The van der Waals surface area contributed by atoms with Crippen molar-refractivity contribution in [3.05, 3.63) is 52.8 Å². The molecule has 0 saturated carbocycles. The lowest BCUT2D eigenvalue weighted by Crippen LogP contribution is -2.37. The third kappa shape index (κ3) is 5.52. The quantitative estimate of drug-likeness (QED) is 0.537. The molecule has 2 aromatic rings. The predicted octanol–water partition coefficient (Wildman–Crippen LogP) is 3.07. The van der Waals surface area contributed by atoms with Crippen LogP contribution in [0.15, 0.2) is 35.3 Å². The van der Waals surface area contributed by atoms with Gasteiger partial charge in [0.05, 0.1) is 21.3 Å². The Bertz CT molecular complexity index is 800. The SMILES string of the molecule is CN=C(NCCc1ccc(F)cc1C)NCc1cc(OC)c(OC)c(OC)c1. The number of hydrogen-bond donors (Lipinski definition) is 2. The number of rotatable bonds is 8. The Kier molecular flexibility index (Phi) is 7.92. The van der Waals surface area contributed by atoms with Crippen molar-refractivity contribution < 1.29 is 18.6 Å². The van der Waals surface area contributed by atoms with Gasteiger partial charge in [0, 0.05) is 20.1 Å². The van der Waals surface area contributed by atoms with Crippen molar-refractivity contribution in [3.8, 4) is 17.2 Å². The summed E-state index contributed by atoms with van der Waals surface area (Å²) in [6.45, 7) is 3.13. The second-order valence-corrected chi connectivity index (χ2v) is 6.21. The van der Waals surface area contributed by atoms with Crippen molar-refractivity contribution >= 4 is 5.96 Å². The number of nitrogens with zero attached hydrogens (tertiary/aromatic N) is 1. The Morgan fingerprint density at radius 2 is 1.68 bits per heavy atom. The molecule has 6 nitrogen and oxygen atoms in total. The van der Waals surface area contributed by atoms with Gasteiger partial charge in [0.25, 0.3) is 0 Å². The van der Waals surface area contributed by atoms with E-state index in [4.69, 9.17) is 14.2 Å². The first-order chi connectivity index (χ1) is 13.5. The molecule has 0 heterocycles. The van der Waals surface area contributed by atoms with Crippen LogP contribution in [0, 0.1) is 12.7 Å². The van der Waals surface area contributed by atoms with Gasteiger partial charge in [-0.15, -0.1) is 0 Å². The second-order valence-electron chi connectivity index (χ2n) is 6.21. The van der Waals surface area contributed by atoms with Crippen molar-refractivity contribution in [3.63, 3.8) is 0 Å². The van der Waals surface area contributed by atoms with Crippen molar-refractivity contribution in [2.24, 2.45) is 4.99 Å². The van der Waals surface area contributed by atoms with Gasteiger partial charge in [0.1, 0.15) is 5.82 Å². The highest BCUT2D eigenvalue weighted by molar-refractivity contribution is 5.79. The van der Waals surface area contributed by atoms with Crippen LogP contribution in [-0.4, -0.2) is 40.9 Å². The summed E-state index contributed by atoms with van der Waals surface area (Å²) >= 11 is 0. The molecule has 152 valence electrons. The van der Waals surface area contributed by atoms with Crippen molar-refractivity contribution in [2.45, 2.75) is 19.9 Å². The van der Waals surface area contributed by atoms with E-state index in [1.54, 1.807) is 34.4 Å². The van der Waals surface area contributed by atoms with E-state index in [0.29, 0.717) is 36.3 Å². The van der Waals surface area contributed by atoms with E-state index in [2.05, 4.69) is 15.6 Å². The fourth-order valence-corrected chi connectivity index (χ4v) is 2.90. The lowest BCUT2D eigenvalue weighted by atomic mass is 10.1. The number of guanidine groups is 1. The molecule has 0 fully saturated rings. The van der Waals surface area contributed by atoms with Crippen LogP contribution < -0.4 is 24.8 Å². The van der Waals surface area contributed by atoms with Crippen molar-refractivity contribution in [2.75, 3.05) is 34.9 Å². The largest absolute Gasteiger partial charge is 0.493 e. The van der Waals surface area contributed by atoms with E-state index < -0.39 is 0 Å². The molecule has 0 bridgehead atoms. The molecule has 0 spiro atoms. The highest BCUT2D eigenvalue weighted by atomic mass is 19.1. The normalized spacial score (nSPS) is 11.1. The molecule has 0 aliphatic rings. The minimum Gasteiger partial charge on any atom is -0.493 e. The fourth-order valence-electron chi connectivity index (χ4n) is 2.90. The van der Waals surface area contributed by atoms with Crippen LogP contribution in [0.1, 0.15) is 16.7 Å². The number of aryl methyl sites for hydroxylation is 1. The van der Waals surface area contributed by atoms with Crippen LogP contribution >= 0.6 is 0 Å². The first-order valence-electron chi connectivity index (χ1n) is 9.00. The molecule has 2 N–H and O–H groups in total.